The Kier molecular flexibility index (Phi) is 7.21. The summed E-state index contributed by atoms with van der Waals surface area (Å²) in [5, 5.41) is -0.373. The molecule has 0 saturated carbocycles. The number of hydrogen-bond acceptors (Lipinski definition) is 3. The lowest BCUT2D eigenvalue weighted by atomic mass is 10.3. The summed E-state index contributed by atoms with van der Waals surface area (Å²) >= 11 is 5.02. The van der Waals surface area contributed by atoms with Crippen molar-refractivity contribution in [3.8, 4) is 0 Å². The van der Waals surface area contributed by atoms with Crippen molar-refractivity contribution in [2.75, 3.05) is 0 Å². The fourth-order valence-corrected chi connectivity index (χ4v) is 0.223. The molecule has 0 aromatic carbocycles. The molecule has 0 fully saturated rings. The first-order valence-corrected chi connectivity index (χ1v) is 4.48. The summed E-state index contributed by atoms with van der Waals surface area (Å²) in [6, 6.07) is 0. The maximum atomic E-state index is 10.1. The third-order valence-corrected chi connectivity index (χ3v) is 1.04. The molecule has 0 amide bonds. The van der Waals surface area contributed by atoms with Crippen LogP contribution in [0.3, 0.4) is 0 Å². The first kappa shape index (κ1) is 14.1. The van der Waals surface area contributed by atoms with Crippen LogP contribution in [-0.4, -0.2) is 22.8 Å². The van der Waals surface area contributed by atoms with E-state index in [4.69, 9.17) is 29.1 Å². The molecule has 0 unspecified atom stereocenters. The molecule has 0 aliphatic rings. The molecule has 0 saturated heterocycles. The minimum Gasteiger partial charge on any atom is -0.276 e. The number of hydrogen-bond donors (Lipinski definition) is 2. The first-order chi connectivity index (χ1) is 5.18. The van der Waals surface area contributed by atoms with Crippen molar-refractivity contribution in [1.82, 2.24) is 0 Å². The van der Waals surface area contributed by atoms with Crippen molar-refractivity contribution >= 4 is 27.2 Å². The van der Waals surface area contributed by atoms with Crippen LogP contribution in [0.2, 0.25) is 0 Å². The Bertz CT molecular complexity index is 258. The highest BCUT2D eigenvalue weighted by Crippen LogP contribution is 1.95. The molecule has 2 N–H and O–H groups in total. The molecular weight excluding hydrogens is 208 g/mol. The van der Waals surface area contributed by atoms with Gasteiger partial charge in [-0.15, -0.1) is 0 Å². The Morgan fingerprint density at radius 2 is 1.67 bits per heavy atom. The SMILES string of the molecule is CC=C(C)C(=O)Cl.O=S(=O)(O)O. The molecule has 12 heavy (non-hydrogen) atoms. The molecular formula is C5H9ClO5S. The van der Waals surface area contributed by atoms with Crippen LogP contribution >= 0.6 is 11.6 Å². The second-order valence-electron chi connectivity index (χ2n) is 1.69. The average molecular weight is 217 g/mol. The fraction of sp³-hybridized carbons (Fsp3) is 0.400. The number of carbonyl (C=O) groups is 1. The van der Waals surface area contributed by atoms with E-state index in [0.717, 1.165) is 0 Å². The fourth-order valence-electron chi connectivity index (χ4n) is 0.113. The minimum atomic E-state index is -4.67. The zero-order chi connectivity index (χ0) is 10.4. The van der Waals surface area contributed by atoms with Gasteiger partial charge in [-0.25, -0.2) is 0 Å². The minimum absolute atomic E-state index is 0.373. The van der Waals surface area contributed by atoms with E-state index in [-0.39, 0.29) is 5.24 Å². The van der Waals surface area contributed by atoms with Crippen LogP contribution in [0, 0.1) is 0 Å². The molecule has 0 atom stereocenters. The number of allylic oxidation sites excluding steroid dienone is 2. The highest BCUT2D eigenvalue weighted by Gasteiger charge is 1.92. The largest absolute Gasteiger partial charge is 0.394 e. The van der Waals surface area contributed by atoms with Crippen LogP contribution in [-0.2, 0) is 15.2 Å². The van der Waals surface area contributed by atoms with E-state index >= 15 is 0 Å². The van der Waals surface area contributed by atoms with Crippen molar-refractivity contribution in [2.45, 2.75) is 13.8 Å². The number of rotatable bonds is 1. The van der Waals surface area contributed by atoms with E-state index in [9.17, 15) is 4.79 Å². The summed E-state index contributed by atoms with van der Waals surface area (Å²) in [6.07, 6.45) is 1.68. The summed E-state index contributed by atoms with van der Waals surface area (Å²) in [7, 11) is -4.67. The van der Waals surface area contributed by atoms with Crippen molar-refractivity contribution in [2.24, 2.45) is 0 Å². The lowest BCUT2D eigenvalue weighted by Gasteiger charge is -1.82. The molecule has 5 nitrogen and oxygen atoms in total. The standard InChI is InChI=1S/C5H7ClO.H2O4S/c1-3-4(2)5(6)7;1-5(2,3)4/h3H,1-2H3;(H2,1,2,3,4). The summed E-state index contributed by atoms with van der Waals surface area (Å²) in [4.78, 5) is 10.1. The van der Waals surface area contributed by atoms with E-state index < -0.39 is 10.4 Å². The van der Waals surface area contributed by atoms with Gasteiger partial charge in [-0.05, 0) is 25.4 Å². The highest BCUT2D eigenvalue weighted by atomic mass is 35.5. The second-order valence-corrected chi connectivity index (χ2v) is 2.93. The Balaban J connectivity index is 0. The third kappa shape index (κ3) is 22.7. The molecule has 7 heteroatoms. The predicted molar refractivity (Wildman–Crippen MR) is 44.5 cm³/mol. The predicted octanol–water partition coefficient (Wildman–Crippen LogP) is 1.07. The van der Waals surface area contributed by atoms with Crippen molar-refractivity contribution in [1.29, 1.82) is 0 Å². The van der Waals surface area contributed by atoms with Gasteiger partial charge in [-0.3, -0.25) is 13.9 Å². The summed E-state index contributed by atoms with van der Waals surface area (Å²) in [6.45, 7) is 3.45. The van der Waals surface area contributed by atoms with Gasteiger partial charge in [-0.2, -0.15) is 8.42 Å². The second kappa shape index (κ2) is 6.13. The molecule has 0 bridgehead atoms. The van der Waals surface area contributed by atoms with Gasteiger partial charge in [-0.1, -0.05) is 6.08 Å². The molecule has 0 rings (SSSR count). The highest BCUT2D eigenvalue weighted by molar-refractivity contribution is 7.79. The zero-order valence-electron chi connectivity index (χ0n) is 6.48. The van der Waals surface area contributed by atoms with Gasteiger partial charge in [0.2, 0.25) is 5.24 Å². The summed E-state index contributed by atoms with van der Waals surface area (Å²) in [5.74, 6) is 0. The van der Waals surface area contributed by atoms with Crippen molar-refractivity contribution < 1.29 is 22.3 Å². The van der Waals surface area contributed by atoms with E-state index in [1.165, 1.54) is 0 Å². The molecule has 0 radical (unpaired) electrons. The molecule has 72 valence electrons. The molecule has 0 aromatic heterocycles. The average Bonchev–Trinajstić information content (AvgIpc) is 1.82. The van der Waals surface area contributed by atoms with Gasteiger partial charge in [0.25, 0.3) is 0 Å². The van der Waals surface area contributed by atoms with Crippen LogP contribution in [0.5, 0.6) is 0 Å². The molecule has 0 spiro atoms. The van der Waals surface area contributed by atoms with Crippen LogP contribution in [0.25, 0.3) is 0 Å². The van der Waals surface area contributed by atoms with E-state index in [1.54, 1.807) is 19.9 Å². The van der Waals surface area contributed by atoms with Gasteiger partial charge in [0.1, 0.15) is 0 Å². The quantitative estimate of drug-likeness (QED) is 0.389. The molecule has 0 heterocycles. The maximum Gasteiger partial charge on any atom is 0.394 e. The number of halogens is 1. The van der Waals surface area contributed by atoms with Gasteiger partial charge in [0, 0.05) is 5.57 Å². The molecule has 0 aromatic rings. The summed E-state index contributed by atoms with van der Waals surface area (Å²) < 4.78 is 31.6. The van der Waals surface area contributed by atoms with Crippen LogP contribution in [0.15, 0.2) is 11.6 Å². The third-order valence-electron chi connectivity index (χ3n) is 0.743. The number of carbonyl (C=O) groups excluding carboxylic acids is 1. The normalized spacial score (nSPS) is 11.6. The van der Waals surface area contributed by atoms with Crippen LogP contribution < -0.4 is 0 Å². The van der Waals surface area contributed by atoms with Gasteiger partial charge in [0.15, 0.2) is 0 Å². The van der Waals surface area contributed by atoms with E-state index in [1.807, 2.05) is 0 Å². The maximum absolute atomic E-state index is 10.1. The van der Waals surface area contributed by atoms with E-state index in [2.05, 4.69) is 0 Å². The van der Waals surface area contributed by atoms with Crippen molar-refractivity contribution in [3.05, 3.63) is 11.6 Å². The van der Waals surface area contributed by atoms with Gasteiger partial charge in [0.05, 0.1) is 0 Å². The van der Waals surface area contributed by atoms with E-state index in [0.29, 0.717) is 5.57 Å². The Morgan fingerprint density at radius 3 is 1.67 bits per heavy atom. The zero-order valence-corrected chi connectivity index (χ0v) is 8.06. The van der Waals surface area contributed by atoms with Crippen LogP contribution in [0.1, 0.15) is 13.8 Å². The monoisotopic (exact) mass is 216 g/mol. The van der Waals surface area contributed by atoms with Gasteiger partial charge >= 0.3 is 10.4 Å². The Labute approximate surface area is 75.6 Å². The lowest BCUT2D eigenvalue weighted by molar-refractivity contribution is -0.108. The Hall–Kier alpha value is -0.430. The molecule has 0 aliphatic carbocycles. The van der Waals surface area contributed by atoms with Gasteiger partial charge < -0.3 is 0 Å². The van der Waals surface area contributed by atoms with Crippen LogP contribution in [0.4, 0.5) is 0 Å². The smallest absolute Gasteiger partial charge is 0.276 e. The first-order valence-electron chi connectivity index (χ1n) is 2.71. The van der Waals surface area contributed by atoms with Crippen molar-refractivity contribution in [3.63, 3.8) is 0 Å². The summed E-state index contributed by atoms with van der Waals surface area (Å²) in [5.41, 5.74) is 0.599. The molecule has 0 aliphatic heterocycles. The lowest BCUT2D eigenvalue weighted by Crippen LogP contribution is -1.89. The topological polar surface area (TPSA) is 91.7 Å². The Morgan fingerprint density at radius 1 is 1.42 bits per heavy atom.